The monoisotopic (exact) mass is 236 g/mol. The molecule has 0 amide bonds. The fourth-order valence-corrected chi connectivity index (χ4v) is 1.31. The summed E-state index contributed by atoms with van der Waals surface area (Å²) in [5.74, 6) is -0.0383. The Morgan fingerprint density at radius 1 is 1.31 bits per heavy atom. The molecule has 0 heterocycles. The highest BCUT2D eigenvalue weighted by Crippen LogP contribution is 2.28. The molecule has 0 bridgehead atoms. The first-order valence-corrected chi connectivity index (χ1v) is 5.67. The van der Waals surface area contributed by atoms with Crippen molar-refractivity contribution in [1.29, 1.82) is 0 Å². The number of allylic oxidation sites excluding steroid dienone is 2. The number of hydrogen-bond donors (Lipinski definition) is 0. The number of halogens is 1. The molecule has 0 unspecified atom stereocenters. The van der Waals surface area contributed by atoms with Crippen molar-refractivity contribution in [3.05, 3.63) is 46.5 Å². The average molecular weight is 237 g/mol. The lowest BCUT2D eigenvalue weighted by Gasteiger charge is -2.16. The molecule has 0 spiro atoms. The van der Waals surface area contributed by atoms with E-state index < -0.39 is 0 Å². The quantitative estimate of drug-likeness (QED) is 0.551. The Morgan fingerprint density at radius 3 is 2.44 bits per heavy atom. The highest BCUT2D eigenvalue weighted by molar-refractivity contribution is 6.32. The van der Waals surface area contributed by atoms with Gasteiger partial charge in [0.1, 0.15) is 0 Å². The van der Waals surface area contributed by atoms with Gasteiger partial charge in [0.15, 0.2) is 5.78 Å². The second-order valence-corrected chi connectivity index (χ2v) is 5.38. The van der Waals surface area contributed by atoms with Crippen LogP contribution in [0.15, 0.2) is 35.4 Å². The normalized spacial score (nSPS) is 12.7. The fraction of sp³-hybridized carbons (Fsp3) is 0.357. The Labute approximate surface area is 102 Å². The molecule has 1 aromatic carbocycles. The lowest BCUT2D eigenvalue weighted by atomic mass is 9.94. The Hall–Kier alpha value is -1.08. The van der Waals surface area contributed by atoms with E-state index in [2.05, 4.69) is 0 Å². The zero-order valence-electron chi connectivity index (χ0n) is 10.2. The van der Waals surface area contributed by atoms with Crippen LogP contribution in [-0.2, 0) is 0 Å². The highest BCUT2D eigenvalue weighted by atomic mass is 35.5. The molecule has 1 nitrogen and oxygen atoms in total. The van der Waals surface area contributed by atoms with Crippen molar-refractivity contribution in [2.24, 2.45) is 5.41 Å². The van der Waals surface area contributed by atoms with Gasteiger partial charge in [-0.3, -0.25) is 4.79 Å². The Kier molecular flexibility index (Phi) is 3.93. The Bertz CT molecular complexity index is 425. The molecule has 0 saturated carbocycles. The number of carbonyl (C=O) groups is 1. The molecular weight excluding hydrogens is 220 g/mol. The van der Waals surface area contributed by atoms with Crippen LogP contribution in [0.3, 0.4) is 0 Å². The summed E-state index contributed by atoms with van der Waals surface area (Å²) in [6.45, 7) is 7.91. The minimum Gasteiger partial charge on any atom is -0.289 e. The average Bonchev–Trinajstić information content (AvgIpc) is 2.16. The molecule has 0 aliphatic carbocycles. The maximum atomic E-state index is 11.9. The van der Waals surface area contributed by atoms with E-state index in [1.165, 1.54) is 6.08 Å². The standard InChI is InChI=1S/C14H17ClO/c1-10-6-5-7-11(8-10)12(16)9-13(15)14(2,3)4/h5-9H,1-4H3/b13-9-. The van der Waals surface area contributed by atoms with Crippen LogP contribution in [0, 0.1) is 12.3 Å². The molecule has 0 atom stereocenters. The molecule has 1 aromatic rings. The van der Waals surface area contributed by atoms with Gasteiger partial charge in [-0.15, -0.1) is 0 Å². The third-order valence-corrected chi connectivity index (χ3v) is 2.95. The van der Waals surface area contributed by atoms with E-state index in [9.17, 15) is 4.79 Å². The van der Waals surface area contributed by atoms with Gasteiger partial charge < -0.3 is 0 Å². The van der Waals surface area contributed by atoms with Gasteiger partial charge in [-0.1, -0.05) is 56.1 Å². The van der Waals surface area contributed by atoms with E-state index in [0.29, 0.717) is 10.6 Å². The van der Waals surface area contributed by atoms with E-state index in [1.807, 2.05) is 45.9 Å². The van der Waals surface area contributed by atoms with E-state index in [4.69, 9.17) is 11.6 Å². The van der Waals surface area contributed by atoms with Crippen LogP contribution < -0.4 is 0 Å². The van der Waals surface area contributed by atoms with Gasteiger partial charge >= 0.3 is 0 Å². The van der Waals surface area contributed by atoms with Crippen molar-refractivity contribution < 1.29 is 4.79 Å². The molecule has 0 saturated heterocycles. The van der Waals surface area contributed by atoms with Crippen LogP contribution in [-0.4, -0.2) is 5.78 Å². The van der Waals surface area contributed by atoms with Gasteiger partial charge in [-0.25, -0.2) is 0 Å². The lowest BCUT2D eigenvalue weighted by molar-refractivity contribution is 0.104. The molecule has 0 aliphatic heterocycles. The van der Waals surface area contributed by atoms with E-state index in [0.717, 1.165) is 5.56 Å². The van der Waals surface area contributed by atoms with Crippen LogP contribution in [0.25, 0.3) is 0 Å². The van der Waals surface area contributed by atoms with Gasteiger partial charge in [0.2, 0.25) is 0 Å². The smallest absolute Gasteiger partial charge is 0.187 e. The lowest BCUT2D eigenvalue weighted by Crippen LogP contribution is -2.07. The summed E-state index contributed by atoms with van der Waals surface area (Å²) in [7, 11) is 0. The first-order chi connectivity index (χ1) is 7.30. The van der Waals surface area contributed by atoms with Crippen molar-refractivity contribution >= 4 is 17.4 Å². The topological polar surface area (TPSA) is 17.1 Å². The number of hydrogen-bond acceptors (Lipinski definition) is 1. The molecule has 0 radical (unpaired) electrons. The van der Waals surface area contributed by atoms with Gasteiger partial charge in [-0.05, 0) is 18.4 Å². The highest BCUT2D eigenvalue weighted by Gasteiger charge is 2.16. The van der Waals surface area contributed by atoms with Gasteiger partial charge in [0, 0.05) is 16.7 Å². The predicted molar refractivity (Wildman–Crippen MR) is 68.9 cm³/mol. The summed E-state index contributed by atoms with van der Waals surface area (Å²) < 4.78 is 0. The van der Waals surface area contributed by atoms with Crippen molar-refractivity contribution in [3.8, 4) is 0 Å². The maximum absolute atomic E-state index is 11.9. The molecule has 0 fully saturated rings. The van der Waals surface area contributed by atoms with Crippen LogP contribution >= 0.6 is 11.6 Å². The summed E-state index contributed by atoms with van der Waals surface area (Å²) >= 11 is 6.08. The number of aryl methyl sites for hydroxylation is 1. The maximum Gasteiger partial charge on any atom is 0.187 e. The molecular formula is C14H17ClO. The summed E-state index contributed by atoms with van der Waals surface area (Å²) in [4.78, 5) is 11.9. The number of benzene rings is 1. The third-order valence-electron chi connectivity index (χ3n) is 2.28. The number of ketones is 1. The Morgan fingerprint density at radius 2 is 1.94 bits per heavy atom. The predicted octanol–water partition coefficient (Wildman–Crippen LogP) is 4.35. The van der Waals surface area contributed by atoms with Crippen LogP contribution in [0.2, 0.25) is 0 Å². The molecule has 0 aliphatic rings. The first-order valence-electron chi connectivity index (χ1n) is 5.29. The molecule has 16 heavy (non-hydrogen) atoms. The molecule has 2 heteroatoms. The van der Waals surface area contributed by atoms with Crippen molar-refractivity contribution in [2.75, 3.05) is 0 Å². The summed E-state index contributed by atoms with van der Waals surface area (Å²) in [5.41, 5.74) is 1.58. The van der Waals surface area contributed by atoms with Crippen molar-refractivity contribution in [3.63, 3.8) is 0 Å². The van der Waals surface area contributed by atoms with Crippen molar-refractivity contribution in [2.45, 2.75) is 27.7 Å². The van der Waals surface area contributed by atoms with E-state index in [-0.39, 0.29) is 11.2 Å². The molecule has 0 N–H and O–H groups in total. The van der Waals surface area contributed by atoms with Gasteiger partial charge in [0.05, 0.1) is 0 Å². The molecule has 86 valence electrons. The first kappa shape index (κ1) is 13.0. The van der Waals surface area contributed by atoms with Crippen molar-refractivity contribution in [1.82, 2.24) is 0 Å². The summed E-state index contributed by atoms with van der Waals surface area (Å²) in [5, 5.41) is 0.582. The zero-order chi connectivity index (χ0) is 12.3. The second kappa shape index (κ2) is 4.84. The summed E-state index contributed by atoms with van der Waals surface area (Å²) in [6, 6.07) is 7.51. The number of rotatable bonds is 2. The van der Waals surface area contributed by atoms with Crippen LogP contribution in [0.5, 0.6) is 0 Å². The summed E-state index contributed by atoms with van der Waals surface area (Å²) in [6.07, 6.45) is 1.51. The largest absolute Gasteiger partial charge is 0.289 e. The SMILES string of the molecule is Cc1cccc(C(=O)/C=C(\Cl)C(C)(C)C)c1. The third kappa shape index (κ3) is 3.49. The Balaban J connectivity index is 2.97. The minimum atomic E-state index is -0.180. The van der Waals surface area contributed by atoms with E-state index in [1.54, 1.807) is 6.07 Å². The fourth-order valence-electron chi connectivity index (χ4n) is 1.21. The minimum absolute atomic E-state index is 0.0383. The van der Waals surface area contributed by atoms with Gasteiger partial charge in [-0.2, -0.15) is 0 Å². The van der Waals surface area contributed by atoms with E-state index >= 15 is 0 Å². The van der Waals surface area contributed by atoms with Crippen LogP contribution in [0.1, 0.15) is 36.7 Å². The second-order valence-electron chi connectivity index (χ2n) is 4.98. The number of carbonyl (C=O) groups excluding carboxylic acids is 1. The van der Waals surface area contributed by atoms with Gasteiger partial charge in [0.25, 0.3) is 0 Å². The molecule has 1 rings (SSSR count). The molecule has 0 aromatic heterocycles. The zero-order valence-corrected chi connectivity index (χ0v) is 10.9. The van der Waals surface area contributed by atoms with Crippen LogP contribution in [0.4, 0.5) is 0 Å².